The predicted molar refractivity (Wildman–Crippen MR) is 33.0 cm³/mol. The molecule has 0 aromatic carbocycles. The van der Waals surface area contributed by atoms with Gasteiger partial charge in [0.05, 0.1) is 0 Å². The van der Waals surface area contributed by atoms with Crippen molar-refractivity contribution >= 4 is 24.7 Å². The Kier molecular flexibility index (Phi) is 3.24. The van der Waals surface area contributed by atoms with Gasteiger partial charge in [-0.1, -0.05) is 18.2 Å². The predicted octanol–water partition coefficient (Wildman–Crippen LogP) is 1.43. The van der Waals surface area contributed by atoms with E-state index in [4.69, 9.17) is 11.6 Å². The Hall–Kier alpha value is -0.630. The van der Waals surface area contributed by atoms with Gasteiger partial charge in [0.1, 0.15) is 11.5 Å². The fourth-order valence-corrected chi connectivity index (χ4v) is 0.147. The fraction of sp³-hybridized carbons (Fsp3) is 0. The molecule has 0 saturated heterocycles. The number of hydrogen-bond donors (Lipinski definition) is 0. The highest BCUT2D eigenvalue weighted by molar-refractivity contribution is 6.29. The summed E-state index contributed by atoms with van der Waals surface area (Å²) < 4.78 is 0. The molecule has 2 nitrogen and oxygen atoms in total. The van der Waals surface area contributed by atoms with Crippen molar-refractivity contribution in [3.63, 3.8) is 0 Å². The highest BCUT2D eigenvalue weighted by atomic mass is 35.5. The molecule has 0 saturated carbocycles. The van der Waals surface area contributed by atoms with Gasteiger partial charge in [-0.3, -0.25) is 4.99 Å². The molecule has 0 aliphatic carbocycles. The van der Waals surface area contributed by atoms with E-state index in [0.717, 1.165) is 0 Å². The maximum absolute atomic E-state index is 5.18. The van der Waals surface area contributed by atoms with Crippen molar-refractivity contribution in [2.75, 3.05) is 0 Å². The van der Waals surface area contributed by atoms with Gasteiger partial charge in [0.25, 0.3) is 0 Å². The van der Waals surface area contributed by atoms with E-state index in [9.17, 15) is 0 Å². The molecule has 0 amide bonds. The summed E-state index contributed by atoms with van der Waals surface area (Å²) in [5.74, 6) is 0. The average Bonchev–Trinajstić information content (AvgIpc) is 1.61. The molecule has 0 spiro atoms. The van der Waals surface area contributed by atoms with Crippen LogP contribution in [0, 0.1) is 0 Å². The minimum absolute atomic E-state index is 0.215. The highest BCUT2D eigenvalue weighted by Crippen LogP contribution is 1.94. The number of nitrogens with zero attached hydrogens (tertiary/aromatic N) is 2. The van der Waals surface area contributed by atoms with Crippen molar-refractivity contribution in [2.24, 2.45) is 9.98 Å². The van der Waals surface area contributed by atoms with Crippen LogP contribution in [0.15, 0.2) is 21.7 Å². The number of rotatable bonds is 2. The summed E-state index contributed by atoms with van der Waals surface area (Å²) in [5, 5.41) is 0.215. The van der Waals surface area contributed by atoms with Gasteiger partial charge in [-0.25, -0.2) is 4.99 Å². The lowest BCUT2D eigenvalue weighted by Crippen LogP contribution is -1.60. The van der Waals surface area contributed by atoms with Crippen molar-refractivity contribution in [3.05, 3.63) is 11.7 Å². The zero-order valence-electron chi connectivity index (χ0n) is 3.76. The lowest BCUT2D eigenvalue weighted by atomic mass is 11.0. The minimum Gasteiger partial charge on any atom is -0.253 e. The third kappa shape index (κ3) is 5.37. The van der Waals surface area contributed by atoms with Gasteiger partial charge in [0, 0.05) is 0 Å². The quantitative estimate of drug-likeness (QED) is 0.296. The van der Waals surface area contributed by atoms with E-state index < -0.39 is 0 Å². The molecule has 0 aliphatic rings. The van der Waals surface area contributed by atoms with Gasteiger partial charge in [-0.2, -0.15) is 0 Å². The van der Waals surface area contributed by atoms with E-state index in [-0.39, 0.29) is 5.16 Å². The average molecular weight is 117 g/mol. The molecule has 0 heterocycles. The van der Waals surface area contributed by atoms with Crippen molar-refractivity contribution in [1.82, 2.24) is 0 Å². The molecule has 0 rings (SSSR count). The maximum atomic E-state index is 5.18. The van der Waals surface area contributed by atoms with Crippen LogP contribution in [0.2, 0.25) is 0 Å². The zero-order valence-corrected chi connectivity index (χ0v) is 4.52. The number of hydrogen-bond acceptors (Lipinski definition) is 1. The Morgan fingerprint density at radius 1 is 1.71 bits per heavy atom. The van der Waals surface area contributed by atoms with Crippen molar-refractivity contribution < 1.29 is 0 Å². The first-order valence-corrected chi connectivity index (χ1v) is 1.98. The van der Waals surface area contributed by atoms with Crippen molar-refractivity contribution in [3.8, 4) is 0 Å². The third-order valence-corrected chi connectivity index (χ3v) is 0.377. The molecule has 38 valence electrons. The zero-order chi connectivity index (χ0) is 5.70. The largest absolute Gasteiger partial charge is 0.253 e. The Morgan fingerprint density at radius 3 is 2.43 bits per heavy atom. The van der Waals surface area contributed by atoms with E-state index in [1.165, 1.54) is 6.34 Å². The normalized spacial score (nSPS) is 9.29. The van der Waals surface area contributed by atoms with Crippen molar-refractivity contribution in [1.29, 1.82) is 0 Å². The van der Waals surface area contributed by atoms with E-state index >= 15 is 0 Å². The van der Waals surface area contributed by atoms with Crippen LogP contribution < -0.4 is 0 Å². The summed E-state index contributed by atoms with van der Waals surface area (Å²) in [6.07, 6.45) is 1.23. The van der Waals surface area contributed by atoms with Gasteiger partial charge in [-0.15, -0.1) is 0 Å². The van der Waals surface area contributed by atoms with Crippen LogP contribution in [0.3, 0.4) is 0 Å². The minimum atomic E-state index is 0.215. The third-order valence-electron chi connectivity index (χ3n) is 0.279. The monoisotopic (exact) mass is 116 g/mol. The van der Waals surface area contributed by atoms with Gasteiger partial charge >= 0.3 is 0 Å². The molecular weight excluding hydrogens is 112 g/mol. The van der Waals surface area contributed by atoms with Crippen LogP contribution in [0.4, 0.5) is 0 Å². The molecule has 0 atom stereocenters. The molecule has 0 unspecified atom stereocenters. The molecule has 0 aliphatic heterocycles. The molecule has 0 bridgehead atoms. The summed E-state index contributed by atoms with van der Waals surface area (Å²) in [4.78, 5) is 6.75. The first-order chi connectivity index (χ1) is 3.27. The topological polar surface area (TPSA) is 24.7 Å². The summed E-state index contributed by atoms with van der Waals surface area (Å²) >= 11 is 5.18. The first-order valence-electron chi connectivity index (χ1n) is 1.60. The van der Waals surface area contributed by atoms with Gasteiger partial charge < -0.3 is 0 Å². The second kappa shape index (κ2) is 3.56. The Labute approximate surface area is 47.2 Å². The van der Waals surface area contributed by atoms with Crippen molar-refractivity contribution in [2.45, 2.75) is 0 Å². The molecule has 0 aromatic rings. The van der Waals surface area contributed by atoms with Crippen LogP contribution >= 0.6 is 11.6 Å². The van der Waals surface area contributed by atoms with Crippen LogP contribution in [0.1, 0.15) is 0 Å². The van der Waals surface area contributed by atoms with Crippen LogP contribution in [-0.4, -0.2) is 13.1 Å². The lowest BCUT2D eigenvalue weighted by Gasteiger charge is -1.74. The number of halogens is 1. The van der Waals surface area contributed by atoms with E-state index in [1.807, 2.05) is 0 Å². The smallest absolute Gasteiger partial charge is 0.123 e. The lowest BCUT2D eigenvalue weighted by molar-refractivity contribution is 1.53. The number of aliphatic imine (C=N–C) groups is 2. The van der Waals surface area contributed by atoms with Crippen LogP contribution in [0.25, 0.3) is 0 Å². The second-order valence-corrected chi connectivity index (χ2v) is 1.24. The standard InChI is InChI=1S/C4H5ClN2/c1-4(5)7-3-6-2/h3H,1-2H2/b7-3-. The second-order valence-electron chi connectivity index (χ2n) is 0.803. The first kappa shape index (κ1) is 6.37. The summed E-state index contributed by atoms with van der Waals surface area (Å²) in [5.41, 5.74) is 0. The van der Waals surface area contributed by atoms with Crippen LogP contribution in [-0.2, 0) is 0 Å². The fourth-order valence-electron chi connectivity index (χ4n) is 0.103. The van der Waals surface area contributed by atoms with Gasteiger partial charge in [0.15, 0.2) is 0 Å². The molecule has 0 radical (unpaired) electrons. The van der Waals surface area contributed by atoms with E-state index in [0.29, 0.717) is 0 Å². The SMILES string of the molecule is C=N/C=N\C(=C)Cl. The molecule has 7 heavy (non-hydrogen) atoms. The molecule has 0 fully saturated rings. The summed E-state index contributed by atoms with van der Waals surface area (Å²) in [6, 6.07) is 0. The summed E-state index contributed by atoms with van der Waals surface area (Å²) in [7, 11) is 0. The highest BCUT2D eigenvalue weighted by Gasteiger charge is 1.69. The Bertz CT molecular complexity index is 106. The van der Waals surface area contributed by atoms with E-state index in [2.05, 4.69) is 23.3 Å². The molecule has 3 heteroatoms. The maximum Gasteiger partial charge on any atom is 0.123 e. The molecule has 0 N–H and O–H groups in total. The van der Waals surface area contributed by atoms with E-state index in [1.54, 1.807) is 0 Å². The Balaban J connectivity index is 3.46. The Morgan fingerprint density at radius 2 is 2.29 bits per heavy atom. The molecule has 0 aromatic heterocycles. The van der Waals surface area contributed by atoms with Gasteiger partial charge in [-0.05, 0) is 6.72 Å². The summed E-state index contributed by atoms with van der Waals surface area (Å²) in [6.45, 7) is 6.41. The van der Waals surface area contributed by atoms with Gasteiger partial charge in [0.2, 0.25) is 0 Å². The molecular formula is C4H5ClN2. The van der Waals surface area contributed by atoms with Crippen LogP contribution in [0.5, 0.6) is 0 Å².